The monoisotopic (exact) mass is 484 g/mol. The zero-order chi connectivity index (χ0) is 25.3. The van der Waals surface area contributed by atoms with E-state index in [1.165, 1.54) is 7.11 Å². The normalized spacial score (nSPS) is 22.1. The first-order chi connectivity index (χ1) is 16.6. The zero-order valence-electron chi connectivity index (χ0n) is 20.5. The number of nitrogens with one attached hydrogen (secondary N) is 3. The van der Waals surface area contributed by atoms with E-state index < -0.39 is 24.0 Å². The number of likely N-dealkylation sites (tertiary alicyclic amines) is 1. The smallest absolute Gasteiger partial charge is 0.328 e. The second kappa shape index (κ2) is 9.59. The molecule has 1 unspecified atom stereocenters. The molecule has 35 heavy (non-hydrogen) atoms. The highest BCUT2D eigenvalue weighted by atomic mass is 16.5. The van der Waals surface area contributed by atoms with Gasteiger partial charge in [0.15, 0.2) is 0 Å². The number of H-pyrrole nitrogens is 1. The van der Waals surface area contributed by atoms with Crippen molar-refractivity contribution in [1.82, 2.24) is 20.5 Å². The van der Waals surface area contributed by atoms with Gasteiger partial charge in [0.2, 0.25) is 11.8 Å². The molecule has 10 nitrogen and oxygen atoms in total. The average Bonchev–Trinajstić information content (AvgIpc) is 3.53. The Hall–Kier alpha value is -3.56. The summed E-state index contributed by atoms with van der Waals surface area (Å²) in [5.41, 5.74) is 0.813. The number of carbonyl (C=O) groups is 4. The van der Waals surface area contributed by atoms with Crippen LogP contribution in [0, 0.1) is 11.3 Å². The van der Waals surface area contributed by atoms with Gasteiger partial charge in [-0.05, 0) is 42.9 Å². The van der Waals surface area contributed by atoms with Gasteiger partial charge in [0, 0.05) is 29.9 Å². The van der Waals surface area contributed by atoms with Gasteiger partial charge in [-0.3, -0.25) is 14.4 Å². The number of benzene rings is 1. The number of rotatable bonds is 7. The molecular weight excluding hydrogens is 452 g/mol. The minimum atomic E-state index is -0.973. The molecule has 0 saturated carbocycles. The van der Waals surface area contributed by atoms with Crippen molar-refractivity contribution in [3.63, 3.8) is 0 Å². The van der Waals surface area contributed by atoms with Gasteiger partial charge in [-0.2, -0.15) is 0 Å². The maximum Gasteiger partial charge on any atom is 0.328 e. The van der Waals surface area contributed by atoms with Gasteiger partial charge in [-0.15, -0.1) is 0 Å². The van der Waals surface area contributed by atoms with Crippen LogP contribution in [0.15, 0.2) is 24.3 Å². The summed E-state index contributed by atoms with van der Waals surface area (Å²) in [5.74, 6) is -1.23. The number of aromatic amines is 1. The Balaban J connectivity index is 1.56. The van der Waals surface area contributed by atoms with E-state index in [1.54, 1.807) is 18.1 Å². The van der Waals surface area contributed by atoms with Crippen LogP contribution in [0.4, 0.5) is 0 Å². The molecule has 3 atom stereocenters. The summed E-state index contributed by atoms with van der Waals surface area (Å²) in [6.45, 7) is 4.91. The van der Waals surface area contributed by atoms with Crippen LogP contribution in [0.25, 0.3) is 10.9 Å². The highest BCUT2D eigenvalue weighted by molar-refractivity contribution is 6.02. The molecule has 2 aliphatic rings. The van der Waals surface area contributed by atoms with Gasteiger partial charge in [0.25, 0.3) is 5.91 Å². The number of hydrogen-bond donors (Lipinski definition) is 3. The first kappa shape index (κ1) is 24.6. The average molecular weight is 485 g/mol. The number of methoxy groups -OCH3 is 2. The number of nitrogens with zero attached hydrogens (tertiary/aromatic N) is 1. The fourth-order valence-corrected chi connectivity index (χ4v) is 5.07. The van der Waals surface area contributed by atoms with E-state index in [9.17, 15) is 19.2 Å². The molecule has 188 valence electrons. The van der Waals surface area contributed by atoms with Crippen LogP contribution in [-0.4, -0.2) is 73.0 Å². The van der Waals surface area contributed by atoms with Crippen molar-refractivity contribution in [2.75, 3.05) is 27.3 Å². The van der Waals surface area contributed by atoms with Gasteiger partial charge < -0.3 is 30.0 Å². The van der Waals surface area contributed by atoms with E-state index >= 15 is 0 Å². The summed E-state index contributed by atoms with van der Waals surface area (Å²) in [6.07, 6.45) is 1.18. The summed E-state index contributed by atoms with van der Waals surface area (Å²) >= 11 is 0. The molecule has 4 rings (SSSR count). The molecule has 10 heteroatoms. The van der Waals surface area contributed by atoms with Crippen molar-refractivity contribution < 1.29 is 28.7 Å². The van der Waals surface area contributed by atoms with Gasteiger partial charge in [-0.25, -0.2) is 4.79 Å². The molecule has 3 N–H and O–H groups in total. The highest BCUT2D eigenvalue weighted by Gasteiger charge is 2.45. The van der Waals surface area contributed by atoms with Crippen LogP contribution < -0.4 is 15.4 Å². The van der Waals surface area contributed by atoms with Crippen molar-refractivity contribution >= 4 is 34.6 Å². The molecule has 0 bridgehead atoms. The maximum absolute atomic E-state index is 13.5. The number of ether oxygens (including phenoxy) is 2. The van der Waals surface area contributed by atoms with Gasteiger partial charge in [0.05, 0.1) is 14.2 Å². The van der Waals surface area contributed by atoms with E-state index in [1.807, 2.05) is 32.0 Å². The van der Waals surface area contributed by atoms with Crippen LogP contribution in [0.2, 0.25) is 0 Å². The first-order valence-electron chi connectivity index (χ1n) is 11.8. The largest absolute Gasteiger partial charge is 0.496 e. The predicted octanol–water partition coefficient (Wildman–Crippen LogP) is 1.60. The predicted molar refractivity (Wildman–Crippen MR) is 128 cm³/mol. The van der Waals surface area contributed by atoms with E-state index in [4.69, 9.17) is 9.47 Å². The van der Waals surface area contributed by atoms with Crippen LogP contribution in [0.3, 0.4) is 0 Å². The van der Waals surface area contributed by atoms with E-state index in [-0.39, 0.29) is 29.6 Å². The van der Waals surface area contributed by atoms with E-state index in [2.05, 4.69) is 15.6 Å². The van der Waals surface area contributed by atoms with Crippen molar-refractivity contribution in [2.24, 2.45) is 11.3 Å². The molecule has 1 aromatic heterocycles. The Morgan fingerprint density at radius 2 is 2.03 bits per heavy atom. The van der Waals surface area contributed by atoms with Gasteiger partial charge in [-0.1, -0.05) is 19.9 Å². The maximum atomic E-state index is 13.5. The van der Waals surface area contributed by atoms with Crippen LogP contribution >= 0.6 is 0 Å². The number of carbonyl (C=O) groups excluding carboxylic acids is 4. The standard InChI is InChI=1S/C25H32N4O6/c1-25(2)12-19(22(31)28-18(24(33)35-4)10-14-8-9-26-21(14)30)29(13-25)23(32)17-11-15-16(27-17)6-5-7-20(15)34-3/h5-7,11,14,18-19,27H,8-10,12-13H2,1-4H3,(H,26,30)(H,28,31)/t14-,18?,19-/m0/s1. The van der Waals surface area contributed by atoms with Gasteiger partial charge in [0.1, 0.15) is 23.5 Å². The fourth-order valence-electron chi connectivity index (χ4n) is 5.07. The lowest BCUT2D eigenvalue weighted by Gasteiger charge is -2.26. The topological polar surface area (TPSA) is 130 Å². The summed E-state index contributed by atoms with van der Waals surface area (Å²) < 4.78 is 10.3. The Kier molecular flexibility index (Phi) is 6.73. The van der Waals surface area contributed by atoms with Gasteiger partial charge >= 0.3 is 5.97 Å². The van der Waals surface area contributed by atoms with Crippen molar-refractivity contribution in [2.45, 2.75) is 45.2 Å². The van der Waals surface area contributed by atoms with E-state index in [0.29, 0.717) is 37.4 Å². The zero-order valence-corrected chi connectivity index (χ0v) is 20.5. The molecule has 3 heterocycles. The molecule has 1 aromatic carbocycles. The quantitative estimate of drug-likeness (QED) is 0.512. The van der Waals surface area contributed by atoms with E-state index in [0.717, 1.165) is 10.9 Å². The van der Waals surface area contributed by atoms with Crippen LogP contribution in [0.5, 0.6) is 5.75 Å². The summed E-state index contributed by atoms with van der Waals surface area (Å²) in [4.78, 5) is 56.1. The Morgan fingerprint density at radius 3 is 2.69 bits per heavy atom. The molecule has 3 amide bonds. The number of esters is 1. The third-order valence-corrected chi connectivity index (χ3v) is 6.84. The molecule has 2 saturated heterocycles. The molecule has 2 fully saturated rings. The van der Waals surface area contributed by atoms with Crippen LogP contribution in [-0.2, 0) is 19.1 Å². The van der Waals surface area contributed by atoms with Crippen molar-refractivity contribution in [3.05, 3.63) is 30.0 Å². The van der Waals surface area contributed by atoms with Crippen molar-refractivity contribution in [1.29, 1.82) is 0 Å². The summed E-state index contributed by atoms with van der Waals surface area (Å²) in [5, 5.41) is 6.28. The minimum Gasteiger partial charge on any atom is -0.496 e. The van der Waals surface area contributed by atoms with Crippen LogP contribution in [0.1, 0.15) is 43.6 Å². The molecule has 0 spiro atoms. The molecule has 0 aliphatic carbocycles. The molecule has 2 aromatic rings. The summed E-state index contributed by atoms with van der Waals surface area (Å²) in [6, 6.07) is 5.49. The Morgan fingerprint density at radius 1 is 1.26 bits per heavy atom. The molecule has 2 aliphatic heterocycles. The fraction of sp³-hybridized carbons (Fsp3) is 0.520. The first-order valence-corrected chi connectivity index (χ1v) is 11.8. The highest BCUT2D eigenvalue weighted by Crippen LogP contribution is 2.36. The number of fused-ring (bicyclic) bond motifs is 1. The molecule has 0 radical (unpaired) electrons. The third kappa shape index (κ3) is 4.96. The second-order valence-corrected chi connectivity index (χ2v) is 10.0. The lowest BCUT2D eigenvalue weighted by molar-refractivity contribution is -0.146. The minimum absolute atomic E-state index is 0.138. The number of hydrogen-bond acceptors (Lipinski definition) is 6. The number of amides is 3. The molecular formula is C25H32N4O6. The number of aromatic nitrogens is 1. The summed E-state index contributed by atoms with van der Waals surface area (Å²) in [7, 11) is 2.81. The second-order valence-electron chi connectivity index (χ2n) is 10.0. The lowest BCUT2D eigenvalue weighted by atomic mass is 9.90. The SMILES string of the molecule is COC(=O)C(C[C@@H]1CCNC1=O)NC(=O)[C@@H]1CC(C)(C)CN1C(=O)c1cc2c(OC)cccc2[nH]1. The Labute approximate surface area is 203 Å². The Bertz CT molecular complexity index is 1160. The van der Waals surface area contributed by atoms with Crippen molar-refractivity contribution in [3.8, 4) is 5.75 Å². The lowest BCUT2D eigenvalue weighted by Crippen LogP contribution is -2.51. The third-order valence-electron chi connectivity index (χ3n) is 6.84.